The zero-order valence-corrected chi connectivity index (χ0v) is 15.0. The van der Waals surface area contributed by atoms with Crippen molar-refractivity contribution in [1.82, 2.24) is 10.2 Å². The Kier molecular flexibility index (Phi) is 4.54. The molecular weight excluding hydrogens is 344 g/mol. The smallest absolute Gasteiger partial charge is 0.231 e. The Bertz CT molecular complexity index is 922. The summed E-state index contributed by atoms with van der Waals surface area (Å²) in [6, 6.07) is 13.1. The summed E-state index contributed by atoms with van der Waals surface area (Å²) in [5, 5.41) is 2.93. The van der Waals surface area contributed by atoms with E-state index in [1.54, 1.807) is 11.1 Å². The Labute approximate surface area is 157 Å². The van der Waals surface area contributed by atoms with Gasteiger partial charge in [0.05, 0.1) is 12.5 Å². The van der Waals surface area contributed by atoms with Crippen LogP contribution >= 0.6 is 0 Å². The molecule has 6 nitrogen and oxygen atoms in total. The first-order chi connectivity index (χ1) is 13.1. The van der Waals surface area contributed by atoms with Crippen molar-refractivity contribution in [1.29, 1.82) is 0 Å². The molecule has 27 heavy (non-hydrogen) atoms. The summed E-state index contributed by atoms with van der Waals surface area (Å²) < 4.78 is 10.8. The number of carbonyl (C=O) groups is 2. The van der Waals surface area contributed by atoms with Crippen LogP contribution in [0.3, 0.4) is 0 Å². The lowest BCUT2D eigenvalue weighted by Crippen LogP contribution is -2.35. The Morgan fingerprint density at radius 3 is 2.85 bits per heavy atom. The predicted molar refractivity (Wildman–Crippen MR) is 99.8 cm³/mol. The fourth-order valence-electron chi connectivity index (χ4n) is 3.48. The van der Waals surface area contributed by atoms with Crippen molar-refractivity contribution in [2.24, 2.45) is 0 Å². The molecule has 2 aromatic rings. The highest BCUT2D eigenvalue weighted by Crippen LogP contribution is 2.35. The molecule has 0 saturated carbocycles. The van der Waals surface area contributed by atoms with Gasteiger partial charge >= 0.3 is 0 Å². The molecule has 1 unspecified atom stereocenters. The number of hydrogen-bond donors (Lipinski definition) is 1. The van der Waals surface area contributed by atoms with E-state index in [0.29, 0.717) is 18.0 Å². The van der Waals surface area contributed by atoms with E-state index in [1.807, 2.05) is 48.5 Å². The second-order valence-corrected chi connectivity index (χ2v) is 6.52. The largest absolute Gasteiger partial charge is 0.454 e. The average molecular weight is 364 g/mol. The number of nitrogens with one attached hydrogen (secondary N) is 1. The topological polar surface area (TPSA) is 67.9 Å². The number of hydrogen-bond acceptors (Lipinski definition) is 4. The molecule has 1 atom stereocenters. The van der Waals surface area contributed by atoms with Gasteiger partial charge in [-0.3, -0.25) is 9.59 Å². The van der Waals surface area contributed by atoms with Crippen molar-refractivity contribution < 1.29 is 19.1 Å². The van der Waals surface area contributed by atoms with Gasteiger partial charge in [0.1, 0.15) is 0 Å². The van der Waals surface area contributed by atoms with Crippen LogP contribution in [0.25, 0.3) is 6.08 Å². The first-order valence-electron chi connectivity index (χ1n) is 8.83. The van der Waals surface area contributed by atoms with E-state index >= 15 is 0 Å². The lowest BCUT2D eigenvalue weighted by atomic mass is 9.93. The molecule has 2 aromatic carbocycles. The fourth-order valence-corrected chi connectivity index (χ4v) is 3.48. The molecule has 0 aliphatic carbocycles. The summed E-state index contributed by atoms with van der Waals surface area (Å²) in [5.74, 6) is 1.14. The minimum Gasteiger partial charge on any atom is -0.454 e. The van der Waals surface area contributed by atoms with Gasteiger partial charge in [-0.1, -0.05) is 36.4 Å². The van der Waals surface area contributed by atoms with Crippen LogP contribution in [0.15, 0.2) is 48.7 Å². The summed E-state index contributed by atoms with van der Waals surface area (Å²) >= 11 is 0. The van der Waals surface area contributed by atoms with Crippen LogP contribution in [0.4, 0.5) is 0 Å². The number of para-hydroxylation sites is 1. The van der Waals surface area contributed by atoms with Crippen molar-refractivity contribution in [3.63, 3.8) is 0 Å². The van der Waals surface area contributed by atoms with Crippen LogP contribution in [0.5, 0.6) is 11.5 Å². The molecule has 1 N–H and O–H groups in total. The molecule has 4 rings (SSSR count). The lowest BCUT2D eigenvalue weighted by molar-refractivity contribution is -0.130. The van der Waals surface area contributed by atoms with Gasteiger partial charge in [0.15, 0.2) is 11.5 Å². The maximum atomic E-state index is 12.6. The molecule has 0 aromatic heterocycles. The van der Waals surface area contributed by atoms with E-state index in [-0.39, 0.29) is 31.1 Å². The van der Waals surface area contributed by atoms with Crippen molar-refractivity contribution >= 4 is 17.9 Å². The average Bonchev–Trinajstić information content (AvgIpc) is 3.15. The Morgan fingerprint density at radius 1 is 1.15 bits per heavy atom. The third-order valence-corrected chi connectivity index (χ3v) is 4.80. The molecule has 0 fully saturated rings. The number of ether oxygens (including phenoxy) is 2. The monoisotopic (exact) mass is 364 g/mol. The fraction of sp³-hybridized carbons (Fsp3) is 0.238. The van der Waals surface area contributed by atoms with E-state index in [0.717, 1.165) is 16.7 Å². The minimum atomic E-state index is -0.315. The van der Waals surface area contributed by atoms with Crippen molar-refractivity contribution in [2.75, 3.05) is 6.79 Å². The summed E-state index contributed by atoms with van der Waals surface area (Å²) in [6.45, 7) is 2.04. The van der Waals surface area contributed by atoms with Gasteiger partial charge in [-0.2, -0.15) is 0 Å². The van der Waals surface area contributed by atoms with Crippen LogP contribution < -0.4 is 14.8 Å². The quantitative estimate of drug-likeness (QED) is 0.906. The van der Waals surface area contributed by atoms with Gasteiger partial charge in [-0.05, 0) is 23.3 Å². The summed E-state index contributed by atoms with van der Waals surface area (Å²) in [5.41, 5.74) is 2.87. The third-order valence-electron chi connectivity index (χ3n) is 4.80. The van der Waals surface area contributed by atoms with Gasteiger partial charge < -0.3 is 19.7 Å². The molecule has 2 heterocycles. The zero-order chi connectivity index (χ0) is 18.8. The number of carbonyl (C=O) groups excluding carboxylic acids is 2. The first kappa shape index (κ1) is 17.1. The van der Waals surface area contributed by atoms with Gasteiger partial charge in [-0.15, -0.1) is 0 Å². The highest BCUT2D eigenvalue weighted by molar-refractivity contribution is 5.81. The highest BCUT2D eigenvalue weighted by Gasteiger charge is 2.28. The second-order valence-electron chi connectivity index (χ2n) is 6.52. The first-order valence-corrected chi connectivity index (χ1v) is 8.83. The van der Waals surface area contributed by atoms with E-state index in [4.69, 9.17) is 9.47 Å². The molecule has 6 heteroatoms. The van der Waals surface area contributed by atoms with Crippen LogP contribution in [-0.2, 0) is 16.1 Å². The van der Waals surface area contributed by atoms with Gasteiger partial charge in [0.25, 0.3) is 0 Å². The minimum absolute atomic E-state index is 0.0926. The van der Waals surface area contributed by atoms with E-state index in [1.165, 1.54) is 6.92 Å². The van der Waals surface area contributed by atoms with Gasteiger partial charge in [-0.25, -0.2) is 0 Å². The van der Waals surface area contributed by atoms with Crippen LogP contribution in [-0.4, -0.2) is 23.5 Å². The SMILES string of the molecule is CC(=O)N1C=Cc2ccccc2C1CC(=O)NCc1cccc2c1OCO2. The molecule has 2 aliphatic rings. The van der Waals surface area contributed by atoms with E-state index in [2.05, 4.69) is 5.32 Å². The molecule has 0 radical (unpaired) electrons. The maximum Gasteiger partial charge on any atom is 0.231 e. The van der Waals surface area contributed by atoms with E-state index in [9.17, 15) is 9.59 Å². The maximum absolute atomic E-state index is 12.6. The number of nitrogens with zero attached hydrogens (tertiary/aromatic N) is 1. The number of benzene rings is 2. The molecule has 138 valence electrons. The summed E-state index contributed by atoms with van der Waals surface area (Å²) in [6.07, 6.45) is 3.83. The van der Waals surface area contributed by atoms with Crippen molar-refractivity contribution in [3.8, 4) is 11.5 Å². The second kappa shape index (κ2) is 7.15. The molecule has 0 bridgehead atoms. The third kappa shape index (κ3) is 3.38. The Morgan fingerprint density at radius 2 is 2.00 bits per heavy atom. The Balaban J connectivity index is 1.47. The standard InChI is InChI=1S/C21H20N2O4/c1-14(24)23-10-9-15-5-2-3-7-17(15)18(23)11-20(25)22-12-16-6-4-8-19-21(16)27-13-26-19/h2-10,18H,11-13H2,1H3,(H,22,25). The summed E-state index contributed by atoms with van der Waals surface area (Å²) in [4.78, 5) is 26.2. The highest BCUT2D eigenvalue weighted by atomic mass is 16.7. The normalized spacial score (nSPS) is 16.8. The van der Waals surface area contributed by atoms with Gasteiger partial charge in [0.2, 0.25) is 18.6 Å². The van der Waals surface area contributed by atoms with Crippen molar-refractivity contribution in [2.45, 2.75) is 25.9 Å². The van der Waals surface area contributed by atoms with Gasteiger partial charge in [0, 0.05) is 25.2 Å². The molecular formula is C21H20N2O4. The molecule has 2 aliphatic heterocycles. The molecule has 2 amide bonds. The molecule has 0 saturated heterocycles. The number of fused-ring (bicyclic) bond motifs is 2. The predicted octanol–water partition coefficient (Wildman–Crippen LogP) is 3.00. The molecule has 0 spiro atoms. The van der Waals surface area contributed by atoms with Crippen LogP contribution in [0.2, 0.25) is 0 Å². The van der Waals surface area contributed by atoms with Crippen LogP contribution in [0, 0.1) is 0 Å². The zero-order valence-electron chi connectivity index (χ0n) is 15.0. The summed E-state index contributed by atoms with van der Waals surface area (Å²) in [7, 11) is 0. The van der Waals surface area contributed by atoms with Crippen LogP contribution in [0.1, 0.15) is 36.1 Å². The van der Waals surface area contributed by atoms with Crippen molar-refractivity contribution in [3.05, 3.63) is 65.4 Å². The van der Waals surface area contributed by atoms with E-state index < -0.39 is 0 Å². The lowest BCUT2D eigenvalue weighted by Gasteiger charge is -2.32. The number of rotatable bonds is 4. The number of amides is 2. The Hall–Kier alpha value is -3.28.